The van der Waals surface area contributed by atoms with Crippen molar-refractivity contribution in [2.24, 2.45) is 0 Å². The molecule has 94 valence electrons. The number of para-hydroxylation sites is 1. The number of phenolic OH excluding ortho intramolecular Hbond substituents is 1. The first kappa shape index (κ1) is 11.6. The highest BCUT2D eigenvalue weighted by Crippen LogP contribution is 2.30. The Morgan fingerprint density at radius 3 is 3.00 bits per heavy atom. The van der Waals surface area contributed by atoms with Crippen LogP contribution in [0.3, 0.4) is 0 Å². The van der Waals surface area contributed by atoms with Crippen LogP contribution in [-0.4, -0.2) is 19.9 Å². The summed E-state index contributed by atoms with van der Waals surface area (Å²) in [6, 6.07) is 7.40. The van der Waals surface area contributed by atoms with Gasteiger partial charge in [-0.15, -0.1) is 22.0 Å². The maximum absolute atomic E-state index is 9.71. The van der Waals surface area contributed by atoms with E-state index >= 15 is 0 Å². The topological polar surface area (TPSA) is 50.9 Å². The minimum absolute atomic E-state index is 0.334. The summed E-state index contributed by atoms with van der Waals surface area (Å²) in [5, 5.41) is 18.2. The third-order valence-corrected chi connectivity index (χ3v) is 4.22. The number of aromatic nitrogens is 3. The standard InChI is InChI=1S/C13H15N3OS/c17-10-5-1-2-6-11(10)18-9-13-15-14-12-7-3-4-8-16(12)13/h1-2,5-6,17H,3-4,7-9H2. The van der Waals surface area contributed by atoms with Crippen molar-refractivity contribution in [1.29, 1.82) is 0 Å². The summed E-state index contributed by atoms with van der Waals surface area (Å²) in [4.78, 5) is 0.894. The molecule has 3 rings (SSSR count). The second kappa shape index (κ2) is 5.02. The Morgan fingerprint density at radius 1 is 1.22 bits per heavy atom. The lowest BCUT2D eigenvalue weighted by Crippen LogP contribution is -2.12. The van der Waals surface area contributed by atoms with Gasteiger partial charge in [-0.3, -0.25) is 0 Å². The molecule has 1 N–H and O–H groups in total. The molecule has 0 radical (unpaired) electrons. The first-order valence-corrected chi connectivity index (χ1v) is 7.15. The normalized spacial score (nSPS) is 14.4. The molecule has 0 amide bonds. The summed E-state index contributed by atoms with van der Waals surface area (Å²) < 4.78 is 2.22. The second-order valence-corrected chi connectivity index (χ2v) is 5.41. The molecular weight excluding hydrogens is 246 g/mol. The van der Waals surface area contributed by atoms with Crippen LogP contribution in [0.2, 0.25) is 0 Å². The lowest BCUT2D eigenvalue weighted by Gasteiger charge is -2.14. The van der Waals surface area contributed by atoms with Crippen LogP contribution >= 0.6 is 11.8 Å². The average Bonchev–Trinajstić information content (AvgIpc) is 2.81. The molecule has 0 spiro atoms. The Balaban J connectivity index is 1.74. The van der Waals surface area contributed by atoms with Gasteiger partial charge in [-0.05, 0) is 25.0 Å². The van der Waals surface area contributed by atoms with Gasteiger partial charge in [0.1, 0.15) is 17.4 Å². The molecule has 4 nitrogen and oxygen atoms in total. The zero-order valence-corrected chi connectivity index (χ0v) is 10.9. The molecule has 0 unspecified atom stereocenters. The van der Waals surface area contributed by atoms with E-state index in [2.05, 4.69) is 14.8 Å². The van der Waals surface area contributed by atoms with Gasteiger partial charge in [-0.25, -0.2) is 0 Å². The molecule has 1 aromatic carbocycles. The Labute approximate surface area is 110 Å². The first-order valence-electron chi connectivity index (χ1n) is 6.16. The molecule has 0 fully saturated rings. The third-order valence-electron chi connectivity index (χ3n) is 3.16. The van der Waals surface area contributed by atoms with Gasteiger partial charge in [0.05, 0.1) is 5.75 Å². The smallest absolute Gasteiger partial charge is 0.143 e. The van der Waals surface area contributed by atoms with Crippen LogP contribution < -0.4 is 0 Å². The first-order chi connectivity index (χ1) is 8.84. The van der Waals surface area contributed by atoms with Crippen LogP contribution in [0.4, 0.5) is 0 Å². The van der Waals surface area contributed by atoms with Crippen molar-refractivity contribution in [2.75, 3.05) is 0 Å². The number of fused-ring (bicyclic) bond motifs is 1. The van der Waals surface area contributed by atoms with Crippen LogP contribution in [-0.2, 0) is 18.7 Å². The van der Waals surface area contributed by atoms with Gasteiger partial charge in [0.2, 0.25) is 0 Å². The number of nitrogens with zero attached hydrogens (tertiary/aromatic N) is 3. The molecular formula is C13H15N3OS. The van der Waals surface area contributed by atoms with Crippen LogP contribution in [0.5, 0.6) is 5.75 Å². The monoisotopic (exact) mass is 261 g/mol. The van der Waals surface area contributed by atoms with Gasteiger partial charge in [0, 0.05) is 17.9 Å². The fourth-order valence-electron chi connectivity index (χ4n) is 2.20. The lowest BCUT2D eigenvalue weighted by molar-refractivity contribution is 0.462. The molecule has 1 aliphatic rings. The second-order valence-electron chi connectivity index (χ2n) is 4.40. The van der Waals surface area contributed by atoms with E-state index in [9.17, 15) is 5.11 Å². The number of hydrogen-bond acceptors (Lipinski definition) is 4. The van der Waals surface area contributed by atoms with Crippen molar-refractivity contribution in [1.82, 2.24) is 14.8 Å². The Kier molecular flexibility index (Phi) is 3.23. The molecule has 2 heterocycles. The van der Waals surface area contributed by atoms with Crippen molar-refractivity contribution in [2.45, 2.75) is 36.5 Å². The highest BCUT2D eigenvalue weighted by molar-refractivity contribution is 7.98. The summed E-state index contributed by atoms with van der Waals surface area (Å²) in [6.45, 7) is 1.03. The molecule has 0 saturated carbocycles. The maximum Gasteiger partial charge on any atom is 0.143 e. The predicted octanol–water partition coefficient (Wildman–Crippen LogP) is 2.61. The van der Waals surface area contributed by atoms with Gasteiger partial charge >= 0.3 is 0 Å². The van der Waals surface area contributed by atoms with E-state index in [1.54, 1.807) is 17.8 Å². The molecule has 2 aromatic rings. The zero-order valence-electron chi connectivity index (χ0n) is 10.0. The number of aryl methyl sites for hydroxylation is 1. The Hall–Kier alpha value is -1.49. The molecule has 0 aliphatic carbocycles. The third kappa shape index (κ3) is 2.22. The van der Waals surface area contributed by atoms with E-state index in [1.807, 2.05) is 18.2 Å². The van der Waals surface area contributed by atoms with Crippen molar-refractivity contribution < 1.29 is 5.11 Å². The number of benzene rings is 1. The van der Waals surface area contributed by atoms with Crippen molar-refractivity contribution >= 4 is 11.8 Å². The van der Waals surface area contributed by atoms with Crippen LogP contribution in [0.1, 0.15) is 24.5 Å². The number of aromatic hydroxyl groups is 1. The van der Waals surface area contributed by atoms with E-state index in [1.165, 1.54) is 12.8 Å². The summed E-state index contributed by atoms with van der Waals surface area (Å²) in [6.07, 6.45) is 3.46. The quantitative estimate of drug-likeness (QED) is 0.863. The van der Waals surface area contributed by atoms with Gasteiger partial charge in [0.25, 0.3) is 0 Å². The lowest BCUT2D eigenvalue weighted by atomic mass is 10.2. The van der Waals surface area contributed by atoms with E-state index in [0.29, 0.717) is 5.75 Å². The molecule has 18 heavy (non-hydrogen) atoms. The largest absolute Gasteiger partial charge is 0.507 e. The van der Waals surface area contributed by atoms with E-state index < -0.39 is 0 Å². The highest BCUT2D eigenvalue weighted by Gasteiger charge is 2.15. The summed E-state index contributed by atoms with van der Waals surface area (Å²) in [7, 11) is 0. The van der Waals surface area contributed by atoms with Gasteiger partial charge in [-0.1, -0.05) is 12.1 Å². The summed E-state index contributed by atoms with van der Waals surface area (Å²) >= 11 is 1.60. The minimum Gasteiger partial charge on any atom is -0.507 e. The van der Waals surface area contributed by atoms with Gasteiger partial charge in [-0.2, -0.15) is 0 Å². The van der Waals surface area contributed by atoms with Crippen LogP contribution in [0, 0.1) is 0 Å². The number of hydrogen-bond donors (Lipinski definition) is 1. The Morgan fingerprint density at radius 2 is 2.11 bits per heavy atom. The minimum atomic E-state index is 0.334. The Bertz CT molecular complexity index is 553. The molecule has 1 aliphatic heterocycles. The van der Waals surface area contributed by atoms with Crippen molar-refractivity contribution in [3.8, 4) is 5.75 Å². The summed E-state index contributed by atoms with van der Waals surface area (Å²) in [5.74, 6) is 3.21. The van der Waals surface area contributed by atoms with E-state index in [0.717, 1.165) is 35.3 Å². The highest BCUT2D eigenvalue weighted by atomic mass is 32.2. The van der Waals surface area contributed by atoms with Crippen LogP contribution in [0.15, 0.2) is 29.2 Å². The van der Waals surface area contributed by atoms with E-state index in [-0.39, 0.29) is 0 Å². The number of phenols is 1. The molecule has 0 bridgehead atoms. The number of thioether (sulfide) groups is 1. The van der Waals surface area contributed by atoms with Crippen molar-refractivity contribution in [3.63, 3.8) is 0 Å². The van der Waals surface area contributed by atoms with Crippen molar-refractivity contribution in [3.05, 3.63) is 35.9 Å². The van der Waals surface area contributed by atoms with Crippen LogP contribution in [0.25, 0.3) is 0 Å². The number of rotatable bonds is 3. The fraction of sp³-hybridized carbons (Fsp3) is 0.385. The zero-order chi connectivity index (χ0) is 12.4. The average molecular weight is 261 g/mol. The van der Waals surface area contributed by atoms with E-state index in [4.69, 9.17) is 0 Å². The maximum atomic E-state index is 9.71. The predicted molar refractivity (Wildman–Crippen MR) is 70.6 cm³/mol. The molecule has 0 atom stereocenters. The fourth-order valence-corrected chi connectivity index (χ4v) is 3.09. The van der Waals surface area contributed by atoms with Gasteiger partial charge in [0.15, 0.2) is 0 Å². The summed E-state index contributed by atoms with van der Waals surface area (Å²) in [5.41, 5.74) is 0. The molecule has 5 heteroatoms. The van der Waals surface area contributed by atoms with Gasteiger partial charge < -0.3 is 9.67 Å². The SMILES string of the molecule is Oc1ccccc1SCc1nnc2n1CCCC2. The molecule has 1 aromatic heterocycles. The molecule has 0 saturated heterocycles.